The van der Waals surface area contributed by atoms with Gasteiger partial charge in [0, 0.05) is 23.7 Å². The molecule has 2 aliphatic rings. The monoisotopic (exact) mass is 364 g/mol. The van der Waals surface area contributed by atoms with Crippen LogP contribution in [0.3, 0.4) is 0 Å². The maximum absolute atomic E-state index is 13.3. The summed E-state index contributed by atoms with van der Waals surface area (Å²) >= 11 is 3.78. The van der Waals surface area contributed by atoms with Crippen molar-refractivity contribution in [3.63, 3.8) is 0 Å². The molecule has 0 spiro atoms. The Labute approximate surface area is 154 Å². The Bertz CT molecular complexity index is 546. The molecule has 0 aliphatic carbocycles. The van der Waals surface area contributed by atoms with Crippen LogP contribution < -0.4 is 0 Å². The van der Waals surface area contributed by atoms with Crippen molar-refractivity contribution in [2.75, 3.05) is 43.4 Å². The Hall–Kier alpha value is -0.650. The highest BCUT2D eigenvalue weighted by Crippen LogP contribution is 2.26. The molecule has 2 saturated heterocycles. The molecule has 2 fully saturated rings. The Balaban J connectivity index is 1.78. The van der Waals surface area contributed by atoms with Crippen LogP contribution in [0.15, 0.2) is 29.2 Å². The molecular formula is C19H28N2OS2. The molecule has 5 heteroatoms. The van der Waals surface area contributed by atoms with E-state index < -0.39 is 0 Å². The SMILES string of the molecule is CCSc1ccccc1C(=O)N1CCCSCC1CN1CCCC1. The largest absolute Gasteiger partial charge is 0.333 e. The van der Waals surface area contributed by atoms with Crippen LogP contribution in [0.4, 0.5) is 0 Å². The predicted octanol–water partition coefficient (Wildman–Crippen LogP) is 3.84. The molecule has 0 aromatic heterocycles. The molecule has 1 aromatic carbocycles. The van der Waals surface area contributed by atoms with Crippen LogP contribution >= 0.6 is 23.5 Å². The first kappa shape index (κ1) is 18.2. The van der Waals surface area contributed by atoms with Crippen LogP contribution in [-0.4, -0.2) is 65.2 Å². The maximum Gasteiger partial charge on any atom is 0.255 e. The lowest BCUT2D eigenvalue weighted by atomic mass is 10.1. The van der Waals surface area contributed by atoms with E-state index in [1.807, 2.05) is 30.0 Å². The van der Waals surface area contributed by atoms with Gasteiger partial charge in [-0.25, -0.2) is 0 Å². The third kappa shape index (κ3) is 4.50. The topological polar surface area (TPSA) is 23.6 Å². The van der Waals surface area contributed by atoms with Crippen LogP contribution in [0.2, 0.25) is 0 Å². The molecule has 2 heterocycles. The molecule has 1 amide bonds. The van der Waals surface area contributed by atoms with Crippen molar-refractivity contribution in [3.05, 3.63) is 29.8 Å². The third-order valence-electron chi connectivity index (χ3n) is 4.78. The molecule has 1 unspecified atom stereocenters. The maximum atomic E-state index is 13.3. The van der Waals surface area contributed by atoms with Crippen LogP contribution in [0.5, 0.6) is 0 Å². The molecule has 1 aromatic rings. The van der Waals surface area contributed by atoms with Gasteiger partial charge in [0.25, 0.3) is 5.91 Å². The van der Waals surface area contributed by atoms with E-state index in [-0.39, 0.29) is 5.91 Å². The van der Waals surface area contributed by atoms with E-state index in [1.54, 1.807) is 11.8 Å². The van der Waals surface area contributed by atoms with Gasteiger partial charge in [-0.3, -0.25) is 4.79 Å². The van der Waals surface area contributed by atoms with Gasteiger partial charge >= 0.3 is 0 Å². The van der Waals surface area contributed by atoms with E-state index in [0.717, 1.165) is 41.5 Å². The number of rotatable bonds is 5. The number of carbonyl (C=O) groups excluding carboxylic acids is 1. The molecule has 132 valence electrons. The summed E-state index contributed by atoms with van der Waals surface area (Å²) < 4.78 is 0. The first-order chi connectivity index (χ1) is 11.8. The van der Waals surface area contributed by atoms with Crippen molar-refractivity contribution in [3.8, 4) is 0 Å². The second-order valence-electron chi connectivity index (χ2n) is 6.52. The molecule has 3 nitrogen and oxygen atoms in total. The van der Waals surface area contributed by atoms with E-state index in [4.69, 9.17) is 0 Å². The molecule has 0 N–H and O–H groups in total. The average molecular weight is 365 g/mol. The van der Waals surface area contributed by atoms with E-state index in [2.05, 4.69) is 22.8 Å². The Morgan fingerprint density at radius 1 is 1.21 bits per heavy atom. The van der Waals surface area contributed by atoms with Crippen LogP contribution in [0.25, 0.3) is 0 Å². The lowest BCUT2D eigenvalue weighted by molar-refractivity contribution is 0.0663. The number of amides is 1. The summed E-state index contributed by atoms with van der Waals surface area (Å²) in [7, 11) is 0. The minimum Gasteiger partial charge on any atom is -0.333 e. The van der Waals surface area contributed by atoms with Crippen LogP contribution in [0.1, 0.15) is 36.5 Å². The van der Waals surface area contributed by atoms with Crippen LogP contribution in [0, 0.1) is 0 Å². The van der Waals surface area contributed by atoms with E-state index in [9.17, 15) is 4.79 Å². The van der Waals surface area contributed by atoms with Gasteiger partial charge in [-0.05, 0) is 56.0 Å². The van der Waals surface area contributed by atoms with Crippen molar-refractivity contribution < 1.29 is 4.79 Å². The molecule has 0 radical (unpaired) electrons. The van der Waals surface area contributed by atoms with Gasteiger partial charge in [0.05, 0.1) is 11.6 Å². The number of benzene rings is 1. The Morgan fingerprint density at radius 3 is 2.79 bits per heavy atom. The first-order valence-corrected chi connectivity index (χ1v) is 11.3. The fourth-order valence-corrected chi connectivity index (χ4v) is 5.44. The van der Waals surface area contributed by atoms with Crippen LogP contribution in [-0.2, 0) is 0 Å². The van der Waals surface area contributed by atoms with E-state index in [0.29, 0.717) is 6.04 Å². The summed E-state index contributed by atoms with van der Waals surface area (Å²) in [6, 6.07) is 8.47. The highest BCUT2D eigenvalue weighted by Gasteiger charge is 2.29. The standard InChI is InChI=1S/C19H28N2OS2/c1-2-24-18-9-4-3-8-17(18)19(22)21-12-7-13-23-15-16(21)14-20-10-5-6-11-20/h3-4,8-9,16H,2,5-7,10-15H2,1H3. The van der Waals surface area contributed by atoms with Gasteiger partial charge in [-0.1, -0.05) is 19.1 Å². The molecule has 0 bridgehead atoms. The molecule has 0 saturated carbocycles. The van der Waals surface area contributed by atoms with Gasteiger partial charge in [-0.2, -0.15) is 11.8 Å². The fraction of sp³-hybridized carbons (Fsp3) is 0.632. The minimum absolute atomic E-state index is 0.234. The first-order valence-electron chi connectivity index (χ1n) is 9.12. The molecule has 3 rings (SSSR count). The van der Waals surface area contributed by atoms with Crippen molar-refractivity contribution in [1.82, 2.24) is 9.80 Å². The Kier molecular flexibility index (Phi) is 6.93. The zero-order chi connectivity index (χ0) is 16.8. The highest BCUT2D eigenvalue weighted by atomic mass is 32.2. The number of likely N-dealkylation sites (tertiary alicyclic amines) is 1. The zero-order valence-corrected chi connectivity index (χ0v) is 16.2. The van der Waals surface area contributed by atoms with Gasteiger partial charge in [0.15, 0.2) is 0 Å². The lowest BCUT2D eigenvalue weighted by Gasteiger charge is -2.33. The zero-order valence-electron chi connectivity index (χ0n) is 14.6. The summed E-state index contributed by atoms with van der Waals surface area (Å²) in [6.07, 6.45) is 3.73. The Morgan fingerprint density at radius 2 is 2.00 bits per heavy atom. The highest BCUT2D eigenvalue weighted by molar-refractivity contribution is 7.99. The molecule has 2 aliphatic heterocycles. The summed E-state index contributed by atoms with van der Waals surface area (Å²) in [4.78, 5) is 19.2. The summed E-state index contributed by atoms with van der Waals surface area (Å²) in [6.45, 7) is 6.49. The average Bonchev–Trinajstić information content (AvgIpc) is 3.00. The number of nitrogens with zero attached hydrogens (tertiary/aromatic N) is 2. The lowest BCUT2D eigenvalue weighted by Crippen LogP contribution is -2.47. The van der Waals surface area contributed by atoms with E-state index in [1.165, 1.54) is 31.7 Å². The third-order valence-corrected chi connectivity index (χ3v) is 6.94. The number of carbonyl (C=O) groups is 1. The van der Waals surface area contributed by atoms with Crippen molar-refractivity contribution >= 4 is 29.4 Å². The number of thioether (sulfide) groups is 2. The summed E-state index contributed by atoms with van der Waals surface area (Å²) in [5, 5.41) is 0. The smallest absolute Gasteiger partial charge is 0.255 e. The van der Waals surface area contributed by atoms with Crippen molar-refractivity contribution in [2.45, 2.75) is 37.1 Å². The van der Waals surface area contributed by atoms with Gasteiger partial charge in [0.2, 0.25) is 0 Å². The molecular weight excluding hydrogens is 336 g/mol. The predicted molar refractivity (Wildman–Crippen MR) is 105 cm³/mol. The fourth-order valence-electron chi connectivity index (χ4n) is 3.59. The van der Waals surface area contributed by atoms with Crippen molar-refractivity contribution in [2.24, 2.45) is 0 Å². The normalized spacial score (nSPS) is 22.5. The molecule has 1 atom stereocenters. The number of hydrogen-bond donors (Lipinski definition) is 0. The van der Waals surface area contributed by atoms with Gasteiger partial charge in [0.1, 0.15) is 0 Å². The number of hydrogen-bond acceptors (Lipinski definition) is 4. The minimum atomic E-state index is 0.234. The summed E-state index contributed by atoms with van der Waals surface area (Å²) in [5.74, 6) is 3.48. The van der Waals surface area contributed by atoms with E-state index >= 15 is 0 Å². The quantitative estimate of drug-likeness (QED) is 0.741. The molecule has 24 heavy (non-hydrogen) atoms. The summed E-state index contributed by atoms with van der Waals surface area (Å²) in [5.41, 5.74) is 0.891. The van der Waals surface area contributed by atoms with Crippen molar-refractivity contribution in [1.29, 1.82) is 0 Å². The van der Waals surface area contributed by atoms with Gasteiger partial charge < -0.3 is 9.80 Å². The second kappa shape index (κ2) is 9.16. The second-order valence-corrected chi connectivity index (χ2v) is 8.97. The van der Waals surface area contributed by atoms with Gasteiger partial charge in [-0.15, -0.1) is 11.8 Å².